The highest BCUT2D eigenvalue weighted by atomic mass is 16.3. The zero-order valence-corrected chi connectivity index (χ0v) is 16.3. The molecule has 1 N–H and O–H groups in total. The first-order valence-corrected chi connectivity index (χ1v) is 9.49. The van der Waals surface area contributed by atoms with Crippen molar-refractivity contribution in [1.29, 1.82) is 0 Å². The lowest BCUT2D eigenvalue weighted by molar-refractivity contribution is -0.111. The van der Waals surface area contributed by atoms with Crippen molar-refractivity contribution in [2.45, 2.75) is 19.8 Å². The van der Waals surface area contributed by atoms with Crippen LogP contribution in [-0.4, -0.2) is 15.9 Å². The van der Waals surface area contributed by atoms with E-state index in [1.54, 1.807) is 12.3 Å². The van der Waals surface area contributed by atoms with E-state index >= 15 is 0 Å². The SMILES string of the molecule is CC(C)c1ccc(C=CC(=O)Nc2ccc(-c3nc4ncccc4o3)cc2)cc1. The highest BCUT2D eigenvalue weighted by molar-refractivity contribution is 6.02. The second kappa shape index (κ2) is 8.10. The third-order valence-corrected chi connectivity index (χ3v) is 4.59. The highest BCUT2D eigenvalue weighted by Crippen LogP contribution is 2.24. The molecular weight excluding hydrogens is 362 g/mol. The Bertz CT molecular complexity index is 1120. The van der Waals surface area contributed by atoms with Crippen LogP contribution in [0.5, 0.6) is 0 Å². The van der Waals surface area contributed by atoms with Crippen molar-refractivity contribution in [3.05, 3.63) is 84.1 Å². The van der Waals surface area contributed by atoms with Gasteiger partial charge in [-0.1, -0.05) is 38.1 Å². The van der Waals surface area contributed by atoms with E-state index in [2.05, 4.69) is 41.3 Å². The summed E-state index contributed by atoms with van der Waals surface area (Å²) in [5, 5.41) is 2.86. The van der Waals surface area contributed by atoms with E-state index in [-0.39, 0.29) is 5.91 Å². The number of hydrogen-bond donors (Lipinski definition) is 1. The van der Waals surface area contributed by atoms with Crippen molar-refractivity contribution in [3.63, 3.8) is 0 Å². The second-order valence-electron chi connectivity index (χ2n) is 7.07. The van der Waals surface area contributed by atoms with Crippen LogP contribution < -0.4 is 5.32 Å². The molecule has 4 aromatic rings. The smallest absolute Gasteiger partial charge is 0.248 e. The molecule has 5 heteroatoms. The van der Waals surface area contributed by atoms with Gasteiger partial charge >= 0.3 is 0 Å². The van der Waals surface area contributed by atoms with E-state index in [4.69, 9.17) is 4.42 Å². The number of aromatic nitrogens is 2. The predicted molar refractivity (Wildman–Crippen MR) is 115 cm³/mol. The van der Waals surface area contributed by atoms with Gasteiger partial charge in [-0.15, -0.1) is 0 Å². The summed E-state index contributed by atoms with van der Waals surface area (Å²) < 4.78 is 5.71. The van der Waals surface area contributed by atoms with E-state index in [1.807, 2.05) is 48.5 Å². The zero-order valence-electron chi connectivity index (χ0n) is 16.3. The molecule has 0 aliphatic rings. The van der Waals surface area contributed by atoms with Crippen LogP contribution in [0, 0.1) is 0 Å². The van der Waals surface area contributed by atoms with Gasteiger partial charge in [-0.2, -0.15) is 4.98 Å². The van der Waals surface area contributed by atoms with Crippen LogP contribution in [0.15, 0.2) is 77.4 Å². The monoisotopic (exact) mass is 383 g/mol. The van der Waals surface area contributed by atoms with Gasteiger partial charge in [-0.05, 0) is 59.5 Å². The number of nitrogens with one attached hydrogen (secondary N) is 1. The summed E-state index contributed by atoms with van der Waals surface area (Å²) in [7, 11) is 0. The molecule has 2 aromatic carbocycles. The molecule has 144 valence electrons. The van der Waals surface area contributed by atoms with Crippen molar-refractivity contribution in [2.75, 3.05) is 5.32 Å². The number of hydrogen-bond acceptors (Lipinski definition) is 4. The number of oxazole rings is 1. The van der Waals surface area contributed by atoms with Crippen LogP contribution >= 0.6 is 0 Å². The van der Waals surface area contributed by atoms with Crippen LogP contribution in [0.1, 0.15) is 30.9 Å². The fourth-order valence-corrected chi connectivity index (χ4v) is 2.94. The molecule has 4 rings (SSSR count). The Morgan fingerprint density at radius 2 is 1.79 bits per heavy atom. The van der Waals surface area contributed by atoms with Gasteiger partial charge in [-0.3, -0.25) is 4.79 Å². The third-order valence-electron chi connectivity index (χ3n) is 4.59. The number of carbonyl (C=O) groups excluding carboxylic acids is 1. The summed E-state index contributed by atoms with van der Waals surface area (Å²) in [4.78, 5) is 20.7. The number of nitrogens with zero attached hydrogens (tertiary/aromatic N) is 2. The maximum Gasteiger partial charge on any atom is 0.248 e. The van der Waals surface area contributed by atoms with E-state index in [1.165, 1.54) is 11.6 Å². The van der Waals surface area contributed by atoms with Gasteiger partial charge in [0.2, 0.25) is 11.8 Å². The summed E-state index contributed by atoms with van der Waals surface area (Å²) >= 11 is 0. The fourth-order valence-electron chi connectivity index (χ4n) is 2.94. The Balaban J connectivity index is 1.40. The number of benzene rings is 2. The molecule has 1 amide bonds. The molecule has 0 radical (unpaired) electrons. The lowest BCUT2D eigenvalue weighted by atomic mass is 10.0. The van der Waals surface area contributed by atoms with Gasteiger partial charge in [0.15, 0.2) is 11.2 Å². The summed E-state index contributed by atoms with van der Waals surface area (Å²) in [6.45, 7) is 4.31. The molecule has 29 heavy (non-hydrogen) atoms. The Hall–Kier alpha value is -3.73. The topological polar surface area (TPSA) is 68.0 Å². The van der Waals surface area contributed by atoms with Crippen molar-refractivity contribution in [3.8, 4) is 11.5 Å². The first kappa shape index (κ1) is 18.6. The summed E-state index contributed by atoms with van der Waals surface area (Å²) in [5.41, 5.74) is 5.01. The molecule has 0 bridgehead atoms. The average molecular weight is 383 g/mol. The van der Waals surface area contributed by atoms with Crippen molar-refractivity contribution in [1.82, 2.24) is 9.97 Å². The molecule has 0 aliphatic carbocycles. The van der Waals surface area contributed by atoms with Crippen LogP contribution in [0.3, 0.4) is 0 Å². The Kier molecular flexibility index (Phi) is 5.20. The molecule has 0 fully saturated rings. The van der Waals surface area contributed by atoms with E-state index in [9.17, 15) is 4.79 Å². The van der Waals surface area contributed by atoms with Crippen LogP contribution in [0.25, 0.3) is 28.8 Å². The number of fused-ring (bicyclic) bond motifs is 1. The predicted octanol–water partition coefficient (Wildman–Crippen LogP) is 5.67. The Morgan fingerprint density at radius 1 is 1.03 bits per heavy atom. The minimum atomic E-state index is -0.184. The number of anilines is 1. The molecule has 5 nitrogen and oxygen atoms in total. The lowest BCUT2D eigenvalue weighted by Crippen LogP contribution is -2.07. The van der Waals surface area contributed by atoms with Crippen molar-refractivity contribution < 1.29 is 9.21 Å². The normalized spacial score (nSPS) is 11.4. The molecule has 0 saturated carbocycles. The molecule has 0 spiro atoms. The van der Waals surface area contributed by atoms with Gasteiger partial charge in [0, 0.05) is 23.5 Å². The van der Waals surface area contributed by atoms with Gasteiger partial charge in [0.05, 0.1) is 0 Å². The van der Waals surface area contributed by atoms with Gasteiger partial charge in [0.1, 0.15) is 0 Å². The van der Waals surface area contributed by atoms with Crippen molar-refractivity contribution in [2.24, 2.45) is 0 Å². The fraction of sp³-hybridized carbons (Fsp3) is 0.125. The van der Waals surface area contributed by atoms with E-state index in [0.717, 1.165) is 11.1 Å². The summed E-state index contributed by atoms with van der Waals surface area (Å²) in [5.74, 6) is 0.809. The minimum Gasteiger partial charge on any atom is -0.434 e. The second-order valence-corrected chi connectivity index (χ2v) is 7.07. The molecule has 0 aliphatic heterocycles. The van der Waals surface area contributed by atoms with Crippen LogP contribution in [-0.2, 0) is 4.79 Å². The standard InChI is InChI=1S/C24H21N3O2/c1-16(2)18-8-5-17(6-9-18)7-14-22(28)26-20-12-10-19(11-13-20)24-27-23-21(29-24)4-3-15-25-23/h3-16H,1-2H3,(H,26,28). The number of rotatable bonds is 5. The quantitative estimate of drug-likeness (QED) is 0.451. The molecule has 2 heterocycles. The Morgan fingerprint density at radius 3 is 2.48 bits per heavy atom. The van der Waals surface area contributed by atoms with E-state index < -0.39 is 0 Å². The molecule has 2 aromatic heterocycles. The maximum absolute atomic E-state index is 12.2. The van der Waals surface area contributed by atoms with Crippen LogP contribution in [0.4, 0.5) is 5.69 Å². The largest absolute Gasteiger partial charge is 0.434 e. The molecule has 0 unspecified atom stereocenters. The lowest BCUT2D eigenvalue weighted by Gasteiger charge is -2.05. The summed E-state index contributed by atoms with van der Waals surface area (Å²) in [6.07, 6.45) is 5.02. The number of amides is 1. The average Bonchev–Trinajstić information content (AvgIpc) is 3.17. The Labute approximate surface area is 169 Å². The summed E-state index contributed by atoms with van der Waals surface area (Å²) in [6, 6.07) is 19.2. The number of pyridine rings is 1. The zero-order chi connectivity index (χ0) is 20.2. The number of carbonyl (C=O) groups is 1. The molecule has 0 saturated heterocycles. The maximum atomic E-state index is 12.2. The van der Waals surface area contributed by atoms with Crippen LogP contribution in [0.2, 0.25) is 0 Å². The first-order valence-electron chi connectivity index (χ1n) is 9.49. The van der Waals surface area contributed by atoms with Gasteiger partial charge in [0.25, 0.3) is 0 Å². The van der Waals surface area contributed by atoms with E-state index in [0.29, 0.717) is 28.7 Å². The third kappa shape index (κ3) is 4.41. The van der Waals surface area contributed by atoms with Gasteiger partial charge < -0.3 is 9.73 Å². The first-order chi connectivity index (χ1) is 14.1. The molecule has 0 atom stereocenters. The van der Waals surface area contributed by atoms with Crippen molar-refractivity contribution >= 4 is 28.9 Å². The molecular formula is C24H21N3O2. The minimum absolute atomic E-state index is 0.184. The van der Waals surface area contributed by atoms with Gasteiger partial charge in [-0.25, -0.2) is 4.98 Å². The highest BCUT2D eigenvalue weighted by Gasteiger charge is 2.08.